The first kappa shape index (κ1) is 13.5. The van der Waals surface area contributed by atoms with Gasteiger partial charge in [-0.05, 0) is 31.5 Å². The standard InChI is InChI=1S/C17H18N4/c1-3-8-19-17-11-18-10-16(21-17)14-6-7-15-13(9-14)5-4-12(2)20-15/h4-7,9-11H,3,8H2,1-2H3,(H,19,21). The zero-order valence-electron chi connectivity index (χ0n) is 12.3. The van der Waals surface area contributed by atoms with E-state index in [1.807, 2.05) is 25.1 Å². The molecule has 0 amide bonds. The number of benzene rings is 1. The van der Waals surface area contributed by atoms with Gasteiger partial charge in [-0.1, -0.05) is 19.1 Å². The van der Waals surface area contributed by atoms with Crippen LogP contribution in [-0.2, 0) is 0 Å². The van der Waals surface area contributed by atoms with E-state index in [-0.39, 0.29) is 0 Å². The van der Waals surface area contributed by atoms with E-state index in [2.05, 4.69) is 39.3 Å². The third-order valence-electron chi connectivity index (χ3n) is 3.31. The molecule has 21 heavy (non-hydrogen) atoms. The van der Waals surface area contributed by atoms with Crippen LogP contribution in [0, 0.1) is 6.92 Å². The third-order valence-corrected chi connectivity index (χ3v) is 3.31. The Hall–Kier alpha value is -2.49. The summed E-state index contributed by atoms with van der Waals surface area (Å²) in [6, 6.07) is 10.3. The van der Waals surface area contributed by atoms with Crippen LogP contribution in [0.5, 0.6) is 0 Å². The fourth-order valence-corrected chi connectivity index (χ4v) is 2.23. The van der Waals surface area contributed by atoms with Gasteiger partial charge in [0, 0.05) is 23.2 Å². The molecule has 2 aromatic heterocycles. The van der Waals surface area contributed by atoms with Crippen LogP contribution in [-0.4, -0.2) is 21.5 Å². The molecule has 1 aromatic carbocycles. The van der Waals surface area contributed by atoms with Gasteiger partial charge in [-0.15, -0.1) is 0 Å². The van der Waals surface area contributed by atoms with Crippen molar-refractivity contribution in [3.8, 4) is 11.3 Å². The lowest BCUT2D eigenvalue weighted by Gasteiger charge is -2.07. The van der Waals surface area contributed by atoms with Crippen LogP contribution in [0.15, 0.2) is 42.7 Å². The van der Waals surface area contributed by atoms with E-state index in [0.717, 1.165) is 46.6 Å². The molecule has 2 heterocycles. The molecule has 0 aliphatic heterocycles. The second kappa shape index (κ2) is 5.87. The Balaban J connectivity index is 1.98. The average molecular weight is 278 g/mol. The molecule has 0 saturated carbocycles. The highest BCUT2D eigenvalue weighted by atomic mass is 15.0. The van der Waals surface area contributed by atoms with Gasteiger partial charge >= 0.3 is 0 Å². The molecule has 0 fully saturated rings. The highest BCUT2D eigenvalue weighted by Gasteiger charge is 2.04. The molecule has 1 N–H and O–H groups in total. The first-order valence-corrected chi connectivity index (χ1v) is 7.20. The number of nitrogens with zero attached hydrogens (tertiary/aromatic N) is 3. The summed E-state index contributed by atoms with van der Waals surface area (Å²) in [5, 5.41) is 4.38. The zero-order chi connectivity index (χ0) is 14.7. The molecule has 0 unspecified atom stereocenters. The normalized spacial score (nSPS) is 10.8. The van der Waals surface area contributed by atoms with Crippen LogP contribution in [0.1, 0.15) is 19.0 Å². The molecule has 0 aliphatic carbocycles. The van der Waals surface area contributed by atoms with E-state index in [1.165, 1.54) is 0 Å². The van der Waals surface area contributed by atoms with Crippen LogP contribution in [0.25, 0.3) is 22.2 Å². The van der Waals surface area contributed by atoms with Crippen molar-refractivity contribution in [2.75, 3.05) is 11.9 Å². The lowest BCUT2D eigenvalue weighted by atomic mass is 10.1. The predicted molar refractivity (Wildman–Crippen MR) is 86.3 cm³/mol. The molecule has 106 valence electrons. The smallest absolute Gasteiger partial charge is 0.145 e. The highest BCUT2D eigenvalue weighted by molar-refractivity contribution is 5.83. The SMILES string of the molecule is CCCNc1cncc(-c2ccc3nc(C)ccc3c2)n1. The Kier molecular flexibility index (Phi) is 3.77. The number of fused-ring (bicyclic) bond motifs is 1. The number of aryl methyl sites for hydroxylation is 1. The van der Waals surface area contributed by atoms with Crippen molar-refractivity contribution in [1.29, 1.82) is 0 Å². The summed E-state index contributed by atoms with van der Waals surface area (Å²) in [6.45, 7) is 5.03. The Bertz CT molecular complexity index is 768. The van der Waals surface area contributed by atoms with Crippen LogP contribution >= 0.6 is 0 Å². The van der Waals surface area contributed by atoms with Gasteiger partial charge in [0.25, 0.3) is 0 Å². The number of anilines is 1. The predicted octanol–water partition coefficient (Wildman–Crippen LogP) is 3.82. The maximum absolute atomic E-state index is 4.61. The molecule has 4 heteroatoms. The molecule has 4 nitrogen and oxygen atoms in total. The van der Waals surface area contributed by atoms with Crippen molar-refractivity contribution in [2.24, 2.45) is 0 Å². The van der Waals surface area contributed by atoms with E-state index < -0.39 is 0 Å². The molecule has 0 saturated heterocycles. The Morgan fingerprint density at radius 3 is 2.81 bits per heavy atom. The minimum absolute atomic E-state index is 0.816. The lowest BCUT2D eigenvalue weighted by molar-refractivity contribution is 0.965. The van der Waals surface area contributed by atoms with Gasteiger partial charge in [0.2, 0.25) is 0 Å². The van der Waals surface area contributed by atoms with E-state index in [9.17, 15) is 0 Å². The largest absolute Gasteiger partial charge is 0.369 e. The molecule has 0 bridgehead atoms. The topological polar surface area (TPSA) is 50.7 Å². The number of nitrogens with one attached hydrogen (secondary N) is 1. The van der Waals surface area contributed by atoms with Crippen molar-refractivity contribution < 1.29 is 0 Å². The minimum Gasteiger partial charge on any atom is -0.369 e. The molecular formula is C17H18N4. The first-order chi connectivity index (χ1) is 10.3. The van der Waals surface area contributed by atoms with Crippen molar-refractivity contribution in [3.05, 3.63) is 48.4 Å². The number of aromatic nitrogens is 3. The highest BCUT2D eigenvalue weighted by Crippen LogP contribution is 2.22. The molecule has 0 aliphatic rings. The molecule has 0 radical (unpaired) electrons. The average Bonchev–Trinajstić information content (AvgIpc) is 2.52. The summed E-state index contributed by atoms with van der Waals surface area (Å²) in [6.07, 6.45) is 4.61. The van der Waals surface area contributed by atoms with E-state index in [1.54, 1.807) is 12.4 Å². The van der Waals surface area contributed by atoms with E-state index in [4.69, 9.17) is 0 Å². The summed E-state index contributed by atoms with van der Waals surface area (Å²) in [5.41, 5.74) is 3.96. The van der Waals surface area contributed by atoms with Gasteiger partial charge in [0.15, 0.2) is 0 Å². The number of pyridine rings is 1. The van der Waals surface area contributed by atoms with Crippen molar-refractivity contribution in [2.45, 2.75) is 20.3 Å². The summed E-state index contributed by atoms with van der Waals surface area (Å²) >= 11 is 0. The zero-order valence-corrected chi connectivity index (χ0v) is 12.3. The number of rotatable bonds is 4. The van der Waals surface area contributed by atoms with E-state index >= 15 is 0 Å². The van der Waals surface area contributed by atoms with Crippen LogP contribution in [0.4, 0.5) is 5.82 Å². The van der Waals surface area contributed by atoms with Crippen LogP contribution in [0.2, 0.25) is 0 Å². The van der Waals surface area contributed by atoms with Crippen LogP contribution < -0.4 is 5.32 Å². The second-order valence-corrected chi connectivity index (χ2v) is 5.08. The number of hydrogen-bond donors (Lipinski definition) is 1. The number of hydrogen-bond acceptors (Lipinski definition) is 4. The molecule has 3 rings (SSSR count). The Labute approximate surface area is 124 Å². The molecular weight excluding hydrogens is 260 g/mol. The summed E-state index contributed by atoms with van der Waals surface area (Å²) < 4.78 is 0. The summed E-state index contributed by atoms with van der Waals surface area (Å²) in [7, 11) is 0. The van der Waals surface area contributed by atoms with Crippen molar-refractivity contribution >= 4 is 16.7 Å². The monoisotopic (exact) mass is 278 g/mol. The lowest BCUT2D eigenvalue weighted by Crippen LogP contribution is -2.02. The maximum atomic E-state index is 4.61. The fraction of sp³-hybridized carbons (Fsp3) is 0.235. The molecule has 3 aromatic rings. The van der Waals surface area contributed by atoms with Gasteiger partial charge in [0.1, 0.15) is 5.82 Å². The summed E-state index contributed by atoms with van der Waals surface area (Å²) in [4.78, 5) is 13.4. The Morgan fingerprint density at radius 2 is 1.95 bits per heavy atom. The summed E-state index contributed by atoms with van der Waals surface area (Å²) in [5.74, 6) is 0.816. The van der Waals surface area contributed by atoms with Gasteiger partial charge < -0.3 is 5.32 Å². The van der Waals surface area contributed by atoms with Gasteiger partial charge in [-0.2, -0.15) is 0 Å². The van der Waals surface area contributed by atoms with E-state index in [0.29, 0.717) is 0 Å². The van der Waals surface area contributed by atoms with Gasteiger partial charge in [-0.3, -0.25) is 9.97 Å². The van der Waals surface area contributed by atoms with Crippen molar-refractivity contribution in [1.82, 2.24) is 15.0 Å². The molecule has 0 spiro atoms. The van der Waals surface area contributed by atoms with Gasteiger partial charge in [0.05, 0.1) is 23.6 Å². The Morgan fingerprint density at radius 1 is 1.05 bits per heavy atom. The minimum atomic E-state index is 0.816. The van der Waals surface area contributed by atoms with Gasteiger partial charge in [-0.25, -0.2) is 4.98 Å². The van der Waals surface area contributed by atoms with Crippen molar-refractivity contribution in [3.63, 3.8) is 0 Å². The fourth-order valence-electron chi connectivity index (χ4n) is 2.23. The maximum Gasteiger partial charge on any atom is 0.145 e. The molecule has 0 atom stereocenters. The first-order valence-electron chi connectivity index (χ1n) is 7.20. The second-order valence-electron chi connectivity index (χ2n) is 5.08. The van der Waals surface area contributed by atoms with Crippen LogP contribution in [0.3, 0.4) is 0 Å². The third kappa shape index (κ3) is 2.99. The quantitative estimate of drug-likeness (QED) is 0.788.